The largest absolute Gasteiger partial charge is 0.508 e. The van der Waals surface area contributed by atoms with Crippen LogP contribution in [0.3, 0.4) is 0 Å². The molecule has 0 saturated heterocycles. The zero-order chi connectivity index (χ0) is 24.8. The topological polar surface area (TPSA) is 104 Å². The Labute approximate surface area is 201 Å². The molecular weight excluding hydrogens is 449 g/mol. The Bertz CT molecular complexity index is 1420. The van der Waals surface area contributed by atoms with Crippen molar-refractivity contribution in [2.24, 2.45) is 0 Å². The van der Waals surface area contributed by atoms with Gasteiger partial charge in [0.05, 0.1) is 11.4 Å². The Morgan fingerprint density at radius 2 is 1.89 bits per heavy atom. The number of hydrogen-bond acceptors (Lipinski definition) is 5. The average molecular weight is 474 g/mol. The minimum absolute atomic E-state index is 0.167. The number of benzene rings is 3. The molecule has 1 aromatic heterocycles. The smallest absolute Gasteiger partial charge is 0.345 e. The summed E-state index contributed by atoms with van der Waals surface area (Å²) in [5.74, 6) is -0.00640. The van der Waals surface area contributed by atoms with Crippen molar-refractivity contribution in [1.82, 2.24) is 15.3 Å². The number of nitrogens with one attached hydrogen (secondary N) is 2. The first-order chi connectivity index (χ1) is 16.9. The van der Waals surface area contributed by atoms with E-state index >= 15 is 0 Å². The van der Waals surface area contributed by atoms with E-state index in [-0.39, 0.29) is 24.1 Å². The predicted octanol–water partition coefficient (Wildman–Crippen LogP) is 3.99. The molecule has 4 rings (SSSR count). The van der Waals surface area contributed by atoms with Crippen LogP contribution in [0.2, 0.25) is 0 Å². The molecule has 0 aliphatic carbocycles. The van der Waals surface area contributed by atoms with Gasteiger partial charge in [0.1, 0.15) is 17.3 Å². The van der Waals surface area contributed by atoms with Gasteiger partial charge in [0.15, 0.2) is 6.61 Å². The van der Waals surface area contributed by atoms with Gasteiger partial charge in [-0.1, -0.05) is 30.3 Å². The molecule has 178 valence electrons. The highest BCUT2D eigenvalue weighted by atomic mass is 19.1. The van der Waals surface area contributed by atoms with Gasteiger partial charge in [0.25, 0.3) is 5.91 Å². The van der Waals surface area contributed by atoms with E-state index in [0.29, 0.717) is 52.4 Å². The minimum Gasteiger partial charge on any atom is -0.508 e. The van der Waals surface area contributed by atoms with Gasteiger partial charge < -0.3 is 20.1 Å². The second kappa shape index (κ2) is 10.6. The van der Waals surface area contributed by atoms with Crippen molar-refractivity contribution in [2.45, 2.75) is 13.3 Å². The zero-order valence-electron chi connectivity index (χ0n) is 19.0. The Hall–Kier alpha value is -4.46. The van der Waals surface area contributed by atoms with Gasteiger partial charge in [-0.3, -0.25) is 4.79 Å². The highest BCUT2D eigenvalue weighted by molar-refractivity contribution is 5.77. The van der Waals surface area contributed by atoms with Crippen LogP contribution in [-0.4, -0.2) is 34.1 Å². The first-order valence-electron chi connectivity index (χ1n) is 11.0. The number of nitrogens with zero attached hydrogens (tertiary/aromatic N) is 1. The summed E-state index contributed by atoms with van der Waals surface area (Å²) in [5, 5.41) is 12.5. The highest BCUT2D eigenvalue weighted by Crippen LogP contribution is 2.27. The van der Waals surface area contributed by atoms with Crippen LogP contribution >= 0.6 is 0 Å². The van der Waals surface area contributed by atoms with E-state index in [2.05, 4.69) is 15.3 Å². The first-order valence-corrected chi connectivity index (χ1v) is 11.0. The summed E-state index contributed by atoms with van der Waals surface area (Å²) in [5.41, 5.74) is 3.08. The van der Waals surface area contributed by atoms with Gasteiger partial charge in [-0.05, 0) is 66.9 Å². The number of aromatic hydroxyl groups is 1. The average Bonchev–Trinajstić information content (AvgIpc) is 2.85. The summed E-state index contributed by atoms with van der Waals surface area (Å²) < 4.78 is 19.3. The van der Waals surface area contributed by atoms with Crippen molar-refractivity contribution in [3.63, 3.8) is 0 Å². The van der Waals surface area contributed by atoms with E-state index in [9.17, 15) is 19.1 Å². The molecule has 8 heteroatoms. The van der Waals surface area contributed by atoms with Crippen molar-refractivity contribution in [2.75, 3.05) is 13.2 Å². The molecular formula is C27H24FN3O4. The van der Waals surface area contributed by atoms with Crippen LogP contribution in [0.4, 0.5) is 4.39 Å². The monoisotopic (exact) mass is 473 g/mol. The minimum atomic E-state index is -0.510. The van der Waals surface area contributed by atoms with E-state index in [4.69, 9.17) is 4.74 Å². The molecule has 0 atom stereocenters. The standard InChI is InChI=1S/C27H24FN3O4/c1-17-13-20(9-10-25(17)32)24-15-23(30-27(34)31-24)19-6-4-7-21(14-19)35-16-26(33)29-12-11-18-5-2-3-8-22(18)28/h2-10,13-15,32H,11-12,16H2,1H3,(H,29,33)(H,30,31,34). The number of aryl methyl sites for hydroxylation is 1. The van der Waals surface area contributed by atoms with Gasteiger partial charge in [-0.15, -0.1) is 0 Å². The van der Waals surface area contributed by atoms with E-state index in [1.165, 1.54) is 6.07 Å². The number of aromatic amines is 1. The molecule has 0 bridgehead atoms. The fraction of sp³-hybridized carbons (Fsp3) is 0.148. The van der Waals surface area contributed by atoms with Crippen LogP contribution in [-0.2, 0) is 11.2 Å². The number of H-pyrrole nitrogens is 1. The molecule has 0 aliphatic rings. The molecule has 3 N–H and O–H groups in total. The predicted molar refractivity (Wildman–Crippen MR) is 131 cm³/mol. The number of rotatable bonds is 8. The normalized spacial score (nSPS) is 10.7. The van der Waals surface area contributed by atoms with E-state index in [0.717, 1.165) is 0 Å². The van der Waals surface area contributed by atoms with Crippen LogP contribution in [0.5, 0.6) is 11.5 Å². The maximum absolute atomic E-state index is 13.7. The SMILES string of the molecule is Cc1cc(-c2cc(-c3cccc(OCC(=O)NCCc4ccccc4F)c3)[nH]c(=O)n2)ccc1O. The summed E-state index contributed by atoms with van der Waals surface area (Å²) >= 11 is 0. The number of amides is 1. The summed E-state index contributed by atoms with van der Waals surface area (Å²) in [4.78, 5) is 31.1. The van der Waals surface area contributed by atoms with Crippen LogP contribution in [0.25, 0.3) is 22.5 Å². The van der Waals surface area contributed by atoms with Gasteiger partial charge in [0.2, 0.25) is 0 Å². The summed E-state index contributed by atoms with van der Waals surface area (Å²) in [7, 11) is 0. The third-order valence-electron chi connectivity index (χ3n) is 5.43. The second-order valence-electron chi connectivity index (χ2n) is 7.99. The van der Waals surface area contributed by atoms with Crippen LogP contribution in [0, 0.1) is 12.7 Å². The third-order valence-corrected chi connectivity index (χ3v) is 5.43. The van der Waals surface area contributed by atoms with E-state index in [1.54, 1.807) is 73.7 Å². The maximum Gasteiger partial charge on any atom is 0.345 e. The Morgan fingerprint density at radius 1 is 1.06 bits per heavy atom. The van der Waals surface area contributed by atoms with Crippen molar-refractivity contribution in [3.05, 3.63) is 100 Å². The van der Waals surface area contributed by atoms with Crippen molar-refractivity contribution in [1.29, 1.82) is 0 Å². The number of aromatic nitrogens is 2. The van der Waals surface area contributed by atoms with Gasteiger partial charge in [-0.25, -0.2) is 9.18 Å². The lowest BCUT2D eigenvalue weighted by molar-refractivity contribution is -0.123. The molecule has 7 nitrogen and oxygen atoms in total. The summed E-state index contributed by atoms with van der Waals surface area (Å²) in [6, 6.07) is 20.2. The molecule has 4 aromatic rings. The van der Waals surface area contributed by atoms with E-state index < -0.39 is 5.69 Å². The van der Waals surface area contributed by atoms with Crippen molar-refractivity contribution in [3.8, 4) is 34.0 Å². The number of halogens is 1. The van der Waals surface area contributed by atoms with Crippen LogP contribution in [0.15, 0.2) is 77.6 Å². The molecule has 0 aliphatic heterocycles. The third kappa shape index (κ3) is 6.11. The maximum atomic E-state index is 13.7. The lowest BCUT2D eigenvalue weighted by Crippen LogP contribution is -2.30. The number of carbonyl (C=O) groups is 1. The van der Waals surface area contributed by atoms with Gasteiger partial charge in [-0.2, -0.15) is 4.98 Å². The zero-order valence-corrected chi connectivity index (χ0v) is 19.0. The second-order valence-corrected chi connectivity index (χ2v) is 7.99. The molecule has 0 unspecified atom stereocenters. The first kappa shape index (κ1) is 23.7. The summed E-state index contributed by atoms with van der Waals surface area (Å²) in [6.07, 6.45) is 0.381. The molecule has 1 heterocycles. The molecule has 0 fully saturated rings. The van der Waals surface area contributed by atoms with Crippen molar-refractivity contribution >= 4 is 5.91 Å². The van der Waals surface area contributed by atoms with E-state index in [1.807, 2.05) is 0 Å². The lowest BCUT2D eigenvalue weighted by Gasteiger charge is -2.10. The quantitative estimate of drug-likeness (QED) is 0.359. The van der Waals surface area contributed by atoms with Gasteiger partial charge in [0, 0.05) is 17.7 Å². The number of phenolic OH excluding ortho intramolecular Hbond substituents is 1. The number of hydrogen-bond donors (Lipinski definition) is 3. The Kier molecular flexibility index (Phi) is 7.21. The number of carbonyl (C=O) groups excluding carboxylic acids is 1. The summed E-state index contributed by atoms with van der Waals surface area (Å²) in [6.45, 7) is 1.86. The molecule has 3 aromatic carbocycles. The molecule has 0 saturated carbocycles. The molecule has 0 radical (unpaired) electrons. The molecule has 35 heavy (non-hydrogen) atoms. The van der Waals surface area contributed by atoms with Crippen LogP contribution < -0.4 is 15.7 Å². The Balaban J connectivity index is 1.41. The Morgan fingerprint density at radius 3 is 2.69 bits per heavy atom. The molecule has 0 spiro atoms. The number of ether oxygens (including phenoxy) is 1. The number of phenols is 1. The fourth-order valence-electron chi connectivity index (χ4n) is 3.57. The molecule has 1 amide bonds. The fourth-order valence-corrected chi connectivity index (χ4v) is 3.57. The van der Waals surface area contributed by atoms with Crippen LogP contribution in [0.1, 0.15) is 11.1 Å². The van der Waals surface area contributed by atoms with Crippen molar-refractivity contribution < 1.29 is 19.0 Å². The lowest BCUT2D eigenvalue weighted by atomic mass is 10.1. The van der Waals surface area contributed by atoms with Gasteiger partial charge >= 0.3 is 5.69 Å². The highest BCUT2D eigenvalue weighted by Gasteiger charge is 2.10.